The maximum atomic E-state index is 12.8. The van der Waals surface area contributed by atoms with Crippen LogP contribution in [0.5, 0.6) is 11.8 Å². The van der Waals surface area contributed by atoms with Crippen molar-refractivity contribution in [3.8, 4) is 11.8 Å². The fourth-order valence-corrected chi connectivity index (χ4v) is 3.72. The third-order valence-electron chi connectivity index (χ3n) is 5.64. The fraction of sp³-hybridized carbons (Fsp3) is 0.520. The lowest BCUT2D eigenvalue weighted by Crippen LogP contribution is -2.18. The van der Waals surface area contributed by atoms with E-state index in [0.29, 0.717) is 35.7 Å². The number of aromatic nitrogens is 4. The van der Waals surface area contributed by atoms with E-state index in [2.05, 4.69) is 26.8 Å². The number of aromatic amines is 1. The van der Waals surface area contributed by atoms with Crippen LogP contribution in [-0.2, 0) is 22.5 Å². The van der Waals surface area contributed by atoms with Gasteiger partial charge in [0.15, 0.2) is 11.5 Å². The Morgan fingerprint density at radius 3 is 2.69 bits per heavy atom. The SMILES string of the molecule is CCCCOc1nc(N)c2[nH]c(=O)n(Cc3cc(CC(=O)OCCCCN(C)C)ccc3OC)c2n1. The molecule has 0 aliphatic rings. The maximum absolute atomic E-state index is 12.8. The van der Waals surface area contributed by atoms with Crippen LogP contribution in [-0.4, -0.2) is 71.4 Å². The number of nitrogen functional groups attached to an aromatic ring is 1. The van der Waals surface area contributed by atoms with Gasteiger partial charge in [0.2, 0.25) is 0 Å². The zero-order valence-corrected chi connectivity index (χ0v) is 21.5. The molecule has 0 saturated carbocycles. The van der Waals surface area contributed by atoms with Crippen LogP contribution in [0.4, 0.5) is 5.82 Å². The Hall–Kier alpha value is -3.60. The predicted octanol–water partition coefficient (Wildman–Crippen LogP) is 2.37. The van der Waals surface area contributed by atoms with E-state index in [1.165, 1.54) is 4.57 Å². The molecular formula is C25H36N6O5. The number of ether oxygens (including phenoxy) is 3. The summed E-state index contributed by atoms with van der Waals surface area (Å²) in [4.78, 5) is 38.5. The van der Waals surface area contributed by atoms with Gasteiger partial charge in [0.1, 0.15) is 11.3 Å². The Bertz CT molecular complexity index is 1220. The number of nitrogens with zero attached hydrogens (tertiary/aromatic N) is 4. The summed E-state index contributed by atoms with van der Waals surface area (Å²) in [7, 11) is 5.58. The number of methoxy groups -OCH3 is 1. The van der Waals surface area contributed by atoms with Gasteiger partial charge in [-0.15, -0.1) is 0 Å². The molecule has 36 heavy (non-hydrogen) atoms. The quantitative estimate of drug-likeness (QED) is 0.252. The van der Waals surface area contributed by atoms with Gasteiger partial charge in [0.25, 0.3) is 0 Å². The van der Waals surface area contributed by atoms with E-state index in [-0.39, 0.29) is 36.5 Å². The van der Waals surface area contributed by atoms with Crippen LogP contribution in [0.3, 0.4) is 0 Å². The minimum atomic E-state index is -0.388. The number of anilines is 1. The second-order valence-electron chi connectivity index (χ2n) is 8.86. The minimum Gasteiger partial charge on any atom is -0.496 e. The number of carbonyl (C=O) groups excluding carboxylic acids is 1. The number of hydrogen-bond acceptors (Lipinski definition) is 9. The molecule has 11 heteroatoms. The molecule has 2 aromatic heterocycles. The highest BCUT2D eigenvalue weighted by Crippen LogP contribution is 2.24. The van der Waals surface area contributed by atoms with E-state index >= 15 is 0 Å². The van der Waals surface area contributed by atoms with Gasteiger partial charge in [0, 0.05) is 5.56 Å². The second-order valence-corrected chi connectivity index (χ2v) is 8.86. The molecule has 0 saturated heterocycles. The van der Waals surface area contributed by atoms with Gasteiger partial charge in [-0.2, -0.15) is 9.97 Å². The standard InChI is InChI=1S/C25H36N6O5/c1-5-6-12-36-24-28-22(26)21-23(29-24)31(25(33)27-21)16-18-14-17(9-10-19(18)34-4)15-20(32)35-13-8-7-11-30(2)3/h9-10,14H,5-8,11-13,15-16H2,1-4H3,(H,27,33)(H2,26,28,29). The van der Waals surface area contributed by atoms with Crippen LogP contribution in [0.1, 0.15) is 43.7 Å². The van der Waals surface area contributed by atoms with Crippen molar-refractivity contribution >= 4 is 23.0 Å². The summed E-state index contributed by atoms with van der Waals surface area (Å²) >= 11 is 0. The summed E-state index contributed by atoms with van der Waals surface area (Å²) in [6, 6.07) is 5.54. The molecule has 0 fully saturated rings. The van der Waals surface area contributed by atoms with E-state index in [1.807, 2.05) is 26.2 Å². The Morgan fingerprint density at radius 2 is 1.97 bits per heavy atom. The molecule has 0 aliphatic carbocycles. The number of benzene rings is 1. The Kier molecular flexibility index (Phi) is 9.69. The summed E-state index contributed by atoms with van der Waals surface area (Å²) in [5.41, 5.74) is 7.81. The number of esters is 1. The molecule has 0 amide bonds. The van der Waals surface area contributed by atoms with Gasteiger partial charge >= 0.3 is 17.7 Å². The molecule has 2 heterocycles. The van der Waals surface area contributed by atoms with E-state index < -0.39 is 0 Å². The molecule has 0 atom stereocenters. The lowest BCUT2D eigenvalue weighted by Gasteiger charge is -2.12. The van der Waals surface area contributed by atoms with Crippen molar-refractivity contribution in [3.05, 3.63) is 39.8 Å². The number of H-pyrrole nitrogens is 1. The lowest BCUT2D eigenvalue weighted by atomic mass is 10.1. The summed E-state index contributed by atoms with van der Waals surface area (Å²) in [5.74, 6) is 0.421. The largest absolute Gasteiger partial charge is 0.496 e. The minimum absolute atomic E-state index is 0.121. The van der Waals surface area contributed by atoms with Gasteiger partial charge < -0.3 is 29.8 Å². The molecule has 0 bridgehead atoms. The molecule has 0 radical (unpaired) electrons. The number of unbranched alkanes of at least 4 members (excludes halogenated alkanes) is 2. The molecular weight excluding hydrogens is 464 g/mol. The summed E-state index contributed by atoms with van der Waals surface area (Å²) in [6.45, 7) is 4.01. The summed E-state index contributed by atoms with van der Waals surface area (Å²) < 4.78 is 17.9. The average Bonchev–Trinajstić information content (AvgIpc) is 3.15. The van der Waals surface area contributed by atoms with Crippen molar-refractivity contribution in [2.75, 3.05) is 46.7 Å². The molecule has 1 aromatic carbocycles. The fourth-order valence-electron chi connectivity index (χ4n) is 3.72. The average molecular weight is 501 g/mol. The number of imidazole rings is 1. The van der Waals surface area contributed by atoms with E-state index in [1.54, 1.807) is 13.2 Å². The zero-order chi connectivity index (χ0) is 26.1. The normalized spacial score (nSPS) is 11.2. The first kappa shape index (κ1) is 27.0. The predicted molar refractivity (Wildman–Crippen MR) is 138 cm³/mol. The van der Waals surface area contributed by atoms with Crippen LogP contribution in [0.2, 0.25) is 0 Å². The molecule has 3 rings (SSSR count). The van der Waals surface area contributed by atoms with Crippen molar-refractivity contribution in [2.24, 2.45) is 0 Å². The topological polar surface area (TPSA) is 138 Å². The Labute approximate surface area is 210 Å². The van der Waals surface area contributed by atoms with Crippen molar-refractivity contribution in [1.29, 1.82) is 0 Å². The third kappa shape index (κ3) is 7.20. The molecule has 196 valence electrons. The molecule has 0 spiro atoms. The number of hydrogen-bond donors (Lipinski definition) is 2. The van der Waals surface area contributed by atoms with E-state index in [0.717, 1.165) is 37.8 Å². The summed E-state index contributed by atoms with van der Waals surface area (Å²) in [6.07, 6.45) is 3.72. The van der Waals surface area contributed by atoms with Gasteiger partial charge in [-0.1, -0.05) is 19.4 Å². The molecule has 0 aliphatic heterocycles. The molecule has 0 unspecified atom stereocenters. The number of nitrogens with one attached hydrogen (secondary N) is 1. The zero-order valence-electron chi connectivity index (χ0n) is 21.5. The highest BCUT2D eigenvalue weighted by Gasteiger charge is 2.17. The van der Waals surface area contributed by atoms with Crippen LogP contribution in [0.25, 0.3) is 11.2 Å². The molecule has 11 nitrogen and oxygen atoms in total. The first-order chi connectivity index (χ1) is 17.3. The van der Waals surface area contributed by atoms with Crippen LogP contribution in [0, 0.1) is 0 Å². The van der Waals surface area contributed by atoms with Crippen molar-refractivity contribution < 1.29 is 19.0 Å². The highest BCUT2D eigenvalue weighted by molar-refractivity contribution is 5.82. The number of carbonyl (C=O) groups is 1. The first-order valence-electron chi connectivity index (χ1n) is 12.2. The molecule has 3 aromatic rings. The first-order valence-corrected chi connectivity index (χ1v) is 12.2. The summed E-state index contributed by atoms with van der Waals surface area (Å²) in [5, 5.41) is 0. The monoisotopic (exact) mass is 500 g/mol. The lowest BCUT2D eigenvalue weighted by molar-refractivity contribution is -0.142. The number of rotatable bonds is 14. The van der Waals surface area contributed by atoms with Gasteiger partial charge in [0.05, 0.1) is 33.3 Å². The molecule has 3 N–H and O–H groups in total. The van der Waals surface area contributed by atoms with E-state index in [4.69, 9.17) is 19.9 Å². The van der Waals surface area contributed by atoms with Gasteiger partial charge in [-0.05, 0) is 57.6 Å². The smallest absolute Gasteiger partial charge is 0.328 e. The Balaban J connectivity index is 1.77. The van der Waals surface area contributed by atoms with E-state index in [9.17, 15) is 9.59 Å². The van der Waals surface area contributed by atoms with Crippen LogP contribution >= 0.6 is 0 Å². The van der Waals surface area contributed by atoms with Gasteiger partial charge in [-0.25, -0.2) is 4.79 Å². The van der Waals surface area contributed by atoms with Crippen molar-refractivity contribution in [1.82, 2.24) is 24.4 Å². The van der Waals surface area contributed by atoms with Crippen LogP contribution in [0.15, 0.2) is 23.0 Å². The van der Waals surface area contributed by atoms with Crippen molar-refractivity contribution in [2.45, 2.75) is 45.6 Å². The number of nitrogens with two attached hydrogens (primary N) is 1. The number of fused-ring (bicyclic) bond motifs is 1. The second kappa shape index (κ2) is 12.9. The van der Waals surface area contributed by atoms with Crippen LogP contribution < -0.4 is 20.9 Å². The highest BCUT2D eigenvalue weighted by atomic mass is 16.5. The maximum Gasteiger partial charge on any atom is 0.328 e. The Morgan fingerprint density at radius 1 is 1.17 bits per heavy atom. The van der Waals surface area contributed by atoms with Gasteiger partial charge in [-0.3, -0.25) is 9.36 Å². The third-order valence-corrected chi connectivity index (χ3v) is 5.64. The van der Waals surface area contributed by atoms with Crippen molar-refractivity contribution in [3.63, 3.8) is 0 Å².